The lowest BCUT2D eigenvalue weighted by molar-refractivity contribution is -0.00924. The van der Waals surface area contributed by atoms with E-state index in [1.165, 1.54) is 19.3 Å². The molecule has 0 aromatic rings. The minimum Gasteiger partial charge on any atom is -0.381 e. The van der Waals surface area contributed by atoms with Crippen molar-refractivity contribution in [1.82, 2.24) is 0 Å². The van der Waals surface area contributed by atoms with Crippen LogP contribution in [0.4, 0.5) is 0 Å². The Kier molecular flexibility index (Phi) is 3.16. The van der Waals surface area contributed by atoms with E-state index in [2.05, 4.69) is 0 Å². The van der Waals surface area contributed by atoms with Crippen molar-refractivity contribution in [2.75, 3.05) is 14.2 Å². The molecule has 0 aromatic heterocycles. The van der Waals surface area contributed by atoms with E-state index in [4.69, 9.17) is 9.47 Å². The largest absolute Gasteiger partial charge is 0.381 e. The summed E-state index contributed by atoms with van der Waals surface area (Å²) >= 11 is 0. The van der Waals surface area contributed by atoms with Crippen LogP contribution in [0.1, 0.15) is 25.7 Å². The number of ether oxygens (including phenoxy) is 2. The fourth-order valence-corrected chi connectivity index (χ4v) is 1.53. The molecule has 0 aromatic carbocycles. The Hall–Kier alpha value is -0.0800. The van der Waals surface area contributed by atoms with Crippen molar-refractivity contribution >= 4 is 0 Å². The minimum absolute atomic E-state index is 0.443. The lowest BCUT2D eigenvalue weighted by Crippen LogP contribution is -2.26. The van der Waals surface area contributed by atoms with Gasteiger partial charge in [-0.15, -0.1) is 0 Å². The standard InChI is InChI=1S/C8H16O2/c1-9-7-4-3-5-8(6-7)10-2/h7-8H,3-6H2,1-2H3/t7-,8-/m1/s1. The molecule has 0 radical (unpaired) electrons. The zero-order chi connectivity index (χ0) is 7.40. The molecule has 0 saturated heterocycles. The summed E-state index contributed by atoms with van der Waals surface area (Å²) in [5.74, 6) is 0. The number of rotatable bonds is 2. The van der Waals surface area contributed by atoms with Crippen LogP contribution in [0.25, 0.3) is 0 Å². The Morgan fingerprint density at radius 1 is 1.00 bits per heavy atom. The monoisotopic (exact) mass is 144 g/mol. The summed E-state index contributed by atoms with van der Waals surface area (Å²) in [6, 6.07) is 0. The summed E-state index contributed by atoms with van der Waals surface area (Å²) in [4.78, 5) is 0. The van der Waals surface area contributed by atoms with Gasteiger partial charge in [0.15, 0.2) is 0 Å². The van der Waals surface area contributed by atoms with Gasteiger partial charge in [-0.1, -0.05) is 0 Å². The topological polar surface area (TPSA) is 18.5 Å². The maximum absolute atomic E-state index is 5.24. The minimum atomic E-state index is 0.443. The SMILES string of the molecule is CO[C@@H]1CCC[C@@H](OC)C1. The van der Waals surface area contributed by atoms with Gasteiger partial charge >= 0.3 is 0 Å². The quantitative estimate of drug-likeness (QED) is 0.586. The van der Waals surface area contributed by atoms with Crippen molar-refractivity contribution in [3.8, 4) is 0 Å². The predicted octanol–water partition coefficient (Wildman–Crippen LogP) is 1.59. The molecule has 0 spiro atoms. The van der Waals surface area contributed by atoms with Gasteiger partial charge in [-0.05, 0) is 25.7 Å². The van der Waals surface area contributed by atoms with Crippen LogP contribution in [0.2, 0.25) is 0 Å². The smallest absolute Gasteiger partial charge is 0.0596 e. The van der Waals surface area contributed by atoms with Crippen LogP contribution in [0.15, 0.2) is 0 Å². The van der Waals surface area contributed by atoms with E-state index in [1.807, 2.05) is 0 Å². The van der Waals surface area contributed by atoms with Gasteiger partial charge in [0.05, 0.1) is 12.2 Å². The summed E-state index contributed by atoms with van der Waals surface area (Å²) < 4.78 is 10.5. The first kappa shape index (κ1) is 8.02. The lowest BCUT2D eigenvalue weighted by atomic mass is 9.95. The molecule has 2 atom stereocenters. The summed E-state index contributed by atoms with van der Waals surface area (Å²) in [5, 5.41) is 0. The Labute approximate surface area is 62.5 Å². The Balaban J connectivity index is 2.25. The number of hydrogen-bond acceptors (Lipinski definition) is 2. The van der Waals surface area contributed by atoms with Crippen LogP contribution in [-0.4, -0.2) is 26.4 Å². The highest BCUT2D eigenvalue weighted by atomic mass is 16.5. The fraction of sp³-hybridized carbons (Fsp3) is 1.00. The second kappa shape index (κ2) is 3.94. The van der Waals surface area contributed by atoms with Crippen molar-refractivity contribution in [3.05, 3.63) is 0 Å². The predicted molar refractivity (Wildman–Crippen MR) is 40.1 cm³/mol. The van der Waals surface area contributed by atoms with E-state index >= 15 is 0 Å². The van der Waals surface area contributed by atoms with Gasteiger partial charge < -0.3 is 9.47 Å². The van der Waals surface area contributed by atoms with Gasteiger partial charge in [-0.3, -0.25) is 0 Å². The molecule has 1 aliphatic carbocycles. The zero-order valence-electron chi connectivity index (χ0n) is 6.80. The maximum atomic E-state index is 5.24. The van der Waals surface area contributed by atoms with Crippen molar-refractivity contribution < 1.29 is 9.47 Å². The highest BCUT2D eigenvalue weighted by Gasteiger charge is 2.20. The molecule has 0 bridgehead atoms. The van der Waals surface area contributed by atoms with Crippen LogP contribution in [0, 0.1) is 0 Å². The maximum Gasteiger partial charge on any atom is 0.0596 e. The van der Waals surface area contributed by atoms with Gasteiger partial charge in [0, 0.05) is 14.2 Å². The van der Waals surface area contributed by atoms with Crippen LogP contribution >= 0.6 is 0 Å². The van der Waals surface area contributed by atoms with Crippen LogP contribution in [0.3, 0.4) is 0 Å². The molecule has 2 heteroatoms. The highest BCUT2D eigenvalue weighted by Crippen LogP contribution is 2.22. The summed E-state index contributed by atoms with van der Waals surface area (Å²) in [6.07, 6.45) is 5.62. The van der Waals surface area contributed by atoms with Gasteiger partial charge in [-0.2, -0.15) is 0 Å². The van der Waals surface area contributed by atoms with E-state index in [-0.39, 0.29) is 0 Å². The first-order chi connectivity index (χ1) is 4.86. The van der Waals surface area contributed by atoms with E-state index in [0.717, 1.165) is 6.42 Å². The molecule has 1 fully saturated rings. The summed E-state index contributed by atoms with van der Waals surface area (Å²) in [7, 11) is 3.56. The van der Waals surface area contributed by atoms with Crippen LogP contribution < -0.4 is 0 Å². The molecule has 0 heterocycles. The van der Waals surface area contributed by atoms with E-state index in [9.17, 15) is 0 Å². The molecule has 1 aliphatic rings. The van der Waals surface area contributed by atoms with Crippen molar-refractivity contribution in [3.63, 3.8) is 0 Å². The first-order valence-electron chi connectivity index (χ1n) is 3.92. The molecule has 2 nitrogen and oxygen atoms in total. The second-order valence-corrected chi connectivity index (χ2v) is 2.88. The third kappa shape index (κ3) is 1.96. The molecule has 10 heavy (non-hydrogen) atoms. The lowest BCUT2D eigenvalue weighted by Gasteiger charge is -2.26. The highest BCUT2D eigenvalue weighted by molar-refractivity contribution is 4.72. The first-order valence-corrected chi connectivity index (χ1v) is 3.92. The average Bonchev–Trinajstić information content (AvgIpc) is 2.05. The van der Waals surface area contributed by atoms with Gasteiger partial charge in [-0.25, -0.2) is 0 Å². The van der Waals surface area contributed by atoms with Crippen molar-refractivity contribution in [2.24, 2.45) is 0 Å². The molecule has 1 saturated carbocycles. The Morgan fingerprint density at radius 2 is 1.50 bits per heavy atom. The van der Waals surface area contributed by atoms with E-state index in [1.54, 1.807) is 14.2 Å². The van der Waals surface area contributed by atoms with Gasteiger partial charge in [0.1, 0.15) is 0 Å². The molecule has 0 aliphatic heterocycles. The summed E-state index contributed by atoms with van der Waals surface area (Å²) in [5.41, 5.74) is 0. The molecule has 0 amide bonds. The molecule has 1 rings (SSSR count). The number of hydrogen-bond donors (Lipinski definition) is 0. The molecular formula is C8H16O2. The number of methoxy groups -OCH3 is 2. The van der Waals surface area contributed by atoms with E-state index < -0.39 is 0 Å². The van der Waals surface area contributed by atoms with Gasteiger partial charge in [0.25, 0.3) is 0 Å². The molecule has 60 valence electrons. The second-order valence-electron chi connectivity index (χ2n) is 2.88. The molecular weight excluding hydrogens is 128 g/mol. The third-order valence-electron chi connectivity index (χ3n) is 2.24. The van der Waals surface area contributed by atoms with Crippen LogP contribution in [-0.2, 0) is 9.47 Å². The fourth-order valence-electron chi connectivity index (χ4n) is 1.53. The van der Waals surface area contributed by atoms with Gasteiger partial charge in [0.2, 0.25) is 0 Å². The van der Waals surface area contributed by atoms with E-state index in [0.29, 0.717) is 12.2 Å². The van der Waals surface area contributed by atoms with Crippen LogP contribution in [0.5, 0.6) is 0 Å². The van der Waals surface area contributed by atoms with Crippen molar-refractivity contribution in [1.29, 1.82) is 0 Å². The molecule has 0 N–H and O–H groups in total. The average molecular weight is 144 g/mol. The molecule has 0 unspecified atom stereocenters. The normalized spacial score (nSPS) is 34.2. The Morgan fingerprint density at radius 3 is 1.90 bits per heavy atom. The zero-order valence-corrected chi connectivity index (χ0v) is 6.80. The third-order valence-corrected chi connectivity index (χ3v) is 2.24. The van der Waals surface area contributed by atoms with Crippen molar-refractivity contribution in [2.45, 2.75) is 37.9 Å². The Bertz CT molecular complexity index is 83.3. The summed E-state index contributed by atoms with van der Waals surface area (Å²) in [6.45, 7) is 0.